The molecule has 0 unspecified atom stereocenters. The highest BCUT2D eigenvalue weighted by Gasteiger charge is 2.18. The molecule has 1 aromatic heterocycles. The van der Waals surface area contributed by atoms with E-state index in [1.54, 1.807) is 6.07 Å². The Morgan fingerprint density at radius 1 is 1.35 bits per heavy atom. The number of carbonyl (C=O) groups excluding carboxylic acids is 2. The van der Waals surface area contributed by atoms with Crippen LogP contribution in [0.2, 0.25) is 0 Å². The van der Waals surface area contributed by atoms with Gasteiger partial charge in [0.15, 0.2) is 0 Å². The number of nitrogens with zero attached hydrogens (tertiary/aromatic N) is 1. The zero-order valence-corrected chi connectivity index (χ0v) is 9.48. The Labute approximate surface area is 99.4 Å². The predicted octanol–water partition coefficient (Wildman–Crippen LogP) is 0.853. The van der Waals surface area contributed by atoms with E-state index in [1.807, 2.05) is 0 Å². The molecule has 1 fully saturated rings. The van der Waals surface area contributed by atoms with E-state index in [9.17, 15) is 9.59 Å². The Bertz CT molecular complexity index is 439. The van der Waals surface area contributed by atoms with Crippen molar-refractivity contribution >= 4 is 11.8 Å². The molecule has 0 spiro atoms. The summed E-state index contributed by atoms with van der Waals surface area (Å²) in [6, 6.07) is 3.26. The van der Waals surface area contributed by atoms with E-state index in [0.29, 0.717) is 5.56 Å². The lowest BCUT2D eigenvalue weighted by molar-refractivity contribution is 0.0937. The van der Waals surface area contributed by atoms with E-state index in [1.165, 1.54) is 12.3 Å². The van der Waals surface area contributed by atoms with Gasteiger partial charge in [0.1, 0.15) is 5.69 Å². The first-order valence-corrected chi connectivity index (χ1v) is 5.73. The van der Waals surface area contributed by atoms with Gasteiger partial charge in [0, 0.05) is 17.8 Å². The van der Waals surface area contributed by atoms with Gasteiger partial charge in [-0.05, 0) is 25.0 Å². The van der Waals surface area contributed by atoms with Gasteiger partial charge in [-0.15, -0.1) is 0 Å². The fourth-order valence-corrected chi connectivity index (χ4v) is 2.05. The highest BCUT2D eigenvalue weighted by atomic mass is 16.2. The monoisotopic (exact) mass is 233 g/mol. The third kappa shape index (κ3) is 2.81. The SMILES string of the molecule is NC(=O)c1cc(C(=O)NC2CCCC2)ccn1. The first-order chi connectivity index (χ1) is 8.16. The minimum Gasteiger partial charge on any atom is -0.364 e. The molecule has 1 saturated carbocycles. The van der Waals surface area contributed by atoms with Gasteiger partial charge in [0.05, 0.1) is 0 Å². The second-order valence-electron chi connectivity index (χ2n) is 4.25. The van der Waals surface area contributed by atoms with Crippen LogP contribution in [0.15, 0.2) is 18.3 Å². The second kappa shape index (κ2) is 4.95. The van der Waals surface area contributed by atoms with E-state index < -0.39 is 5.91 Å². The lowest BCUT2D eigenvalue weighted by atomic mass is 10.2. The number of nitrogens with one attached hydrogen (secondary N) is 1. The van der Waals surface area contributed by atoms with Gasteiger partial charge in [-0.1, -0.05) is 12.8 Å². The van der Waals surface area contributed by atoms with Crippen LogP contribution >= 0.6 is 0 Å². The number of nitrogens with two attached hydrogens (primary N) is 1. The Morgan fingerprint density at radius 3 is 2.71 bits per heavy atom. The van der Waals surface area contributed by atoms with Crippen molar-refractivity contribution in [2.24, 2.45) is 5.73 Å². The molecule has 0 aliphatic heterocycles. The molecule has 0 bridgehead atoms. The van der Waals surface area contributed by atoms with Crippen molar-refractivity contribution in [2.45, 2.75) is 31.7 Å². The maximum absolute atomic E-state index is 11.9. The third-order valence-corrected chi connectivity index (χ3v) is 2.96. The maximum Gasteiger partial charge on any atom is 0.267 e. The molecule has 17 heavy (non-hydrogen) atoms. The van der Waals surface area contributed by atoms with E-state index >= 15 is 0 Å². The summed E-state index contributed by atoms with van der Waals surface area (Å²) in [5.74, 6) is -0.790. The fraction of sp³-hybridized carbons (Fsp3) is 0.417. The van der Waals surface area contributed by atoms with Crippen LogP contribution in [0.1, 0.15) is 46.5 Å². The van der Waals surface area contributed by atoms with Crippen molar-refractivity contribution in [3.05, 3.63) is 29.6 Å². The Balaban J connectivity index is 2.07. The zero-order chi connectivity index (χ0) is 12.3. The number of hydrogen-bond acceptors (Lipinski definition) is 3. The Kier molecular flexibility index (Phi) is 3.37. The molecule has 0 radical (unpaired) electrons. The first kappa shape index (κ1) is 11.6. The van der Waals surface area contributed by atoms with Crippen LogP contribution < -0.4 is 11.1 Å². The van der Waals surface area contributed by atoms with Gasteiger partial charge >= 0.3 is 0 Å². The van der Waals surface area contributed by atoms with Crippen LogP contribution in [0.3, 0.4) is 0 Å². The van der Waals surface area contributed by atoms with Gasteiger partial charge in [-0.3, -0.25) is 14.6 Å². The van der Waals surface area contributed by atoms with E-state index in [2.05, 4.69) is 10.3 Å². The summed E-state index contributed by atoms with van der Waals surface area (Å²) in [6.07, 6.45) is 5.80. The van der Waals surface area contributed by atoms with Crippen LogP contribution in [-0.2, 0) is 0 Å². The van der Waals surface area contributed by atoms with Crippen molar-refractivity contribution < 1.29 is 9.59 Å². The number of amides is 2. The standard InChI is InChI=1S/C12H15N3O2/c13-11(16)10-7-8(5-6-14-10)12(17)15-9-3-1-2-4-9/h5-7,9H,1-4H2,(H2,13,16)(H,15,17). The Morgan fingerprint density at radius 2 is 2.06 bits per heavy atom. The summed E-state index contributed by atoms with van der Waals surface area (Å²) in [5, 5.41) is 2.94. The van der Waals surface area contributed by atoms with E-state index in [-0.39, 0.29) is 17.6 Å². The van der Waals surface area contributed by atoms with Crippen LogP contribution in [0.5, 0.6) is 0 Å². The molecule has 1 aliphatic rings. The number of hydrogen-bond donors (Lipinski definition) is 2. The van der Waals surface area contributed by atoms with Crippen molar-refractivity contribution in [1.29, 1.82) is 0 Å². The molecule has 0 aromatic carbocycles. The maximum atomic E-state index is 11.9. The minimum atomic E-state index is -0.625. The summed E-state index contributed by atoms with van der Waals surface area (Å²) in [5.41, 5.74) is 5.66. The molecule has 1 aromatic rings. The summed E-state index contributed by atoms with van der Waals surface area (Å²) in [6.45, 7) is 0. The normalized spacial score (nSPS) is 15.8. The topological polar surface area (TPSA) is 85.1 Å². The molecular formula is C12H15N3O2. The lowest BCUT2D eigenvalue weighted by Crippen LogP contribution is -2.32. The smallest absolute Gasteiger partial charge is 0.267 e. The minimum absolute atomic E-state index is 0.115. The Hall–Kier alpha value is -1.91. The van der Waals surface area contributed by atoms with Crippen molar-refractivity contribution in [3.8, 4) is 0 Å². The molecule has 0 saturated heterocycles. The van der Waals surface area contributed by atoms with Crippen LogP contribution in [0.4, 0.5) is 0 Å². The van der Waals surface area contributed by atoms with Gasteiger partial charge < -0.3 is 11.1 Å². The van der Waals surface area contributed by atoms with Crippen LogP contribution in [-0.4, -0.2) is 22.8 Å². The average Bonchev–Trinajstić information content (AvgIpc) is 2.82. The van der Waals surface area contributed by atoms with Gasteiger partial charge in [0.2, 0.25) is 0 Å². The third-order valence-electron chi connectivity index (χ3n) is 2.96. The van der Waals surface area contributed by atoms with Crippen LogP contribution in [0, 0.1) is 0 Å². The number of primary amides is 1. The lowest BCUT2D eigenvalue weighted by Gasteiger charge is -2.11. The number of aromatic nitrogens is 1. The fourth-order valence-electron chi connectivity index (χ4n) is 2.05. The quantitative estimate of drug-likeness (QED) is 0.811. The largest absolute Gasteiger partial charge is 0.364 e. The molecule has 2 amide bonds. The molecule has 3 N–H and O–H groups in total. The average molecular weight is 233 g/mol. The summed E-state index contributed by atoms with van der Waals surface area (Å²) < 4.78 is 0. The van der Waals surface area contributed by atoms with Crippen molar-refractivity contribution in [3.63, 3.8) is 0 Å². The van der Waals surface area contributed by atoms with Gasteiger partial charge in [-0.2, -0.15) is 0 Å². The summed E-state index contributed by atoms with van der Waals surface area (Å²) >= 11 is 0. The van der Waals surface area contributed by atoms with Crippen molar-refractivity contribution in [2.75, 3.05) is 0 Å². The van der Waals surface area contributed by atoms with E-state index in [0.717, 1.165) is 25.7 Å². The molecule has 90 valence electrons. The first-order valence-electron chi connectivity index (χ1n) is 5.73. The molecule has 5 heteroatoms. The van der Waals surface area contributed by atoms with Crippen LogP contribution in [0.25, 0.3) is 0 Å². The zero-order valence-electron chi connectivity index (χ0n) is 9.48. The molecule has 1 heterocycles. The predicted molar refractivity (Wildman–Crippen MR) is 62.5 cm³/mol. The highest BCUT2D eigenvalue weighted by Crippen LogP contribution is 2.18. The molecule has 1 aliphatic carbocycles. The summed E-state index contributed by atoms with van der Waals surface area (Å²) in [4.78, 5) is 26.6. The van der Waals surface area contributed by atoms with E-state index in [4.69, 9.17) is 5.73 Å². The molecule has 5 nitrogen and oxygen atoms in total. The summed E-state index contributed by atoms with van der Waals surface area (Å²) in [7, 11) is 0. The molecule has 2 rings (SSSR count). The van der Waals surface area contributed by atoms with Crippen molar-refractivity contribution in [1.82, 2.24) is 10.3 Å². The number of pyridine rings is 1. The van der Waals surface area contributed by atoms with Gasteiger partial charge in [0.25, 0.3) is 11.8 Å². The van der Waals surface area contributed by atoms with Gasteiger partial charge in [-0.25, -0.2) is 0 Å². The number of carbonyl (C=O) groups is 2. The molecule has 0 atom stereocenters. The molecular weight excluding hydrogens is 218 g/mol. The number of rotatable bonds is 3. The second-order valence-corrected chi connectivity index (χ2v) is 4.25. The highest BCUT2D eigenvalue weighted by molar-refractivity contribution is 5.98.